The van der Waals surface area contributed by atoms with Crippen molar-refractivity contribution in [3.8, 4) is 6.07 Å². The third-order valence-corrected chi connectivity index (χ3v) is 3.63. The van der Waals surface area contributed by atoms with Gasteiger partial charge in [-0.3, -0.25) is 4.79 Å². The minimum Gasteiger partial charge on any atom is -0.480 e. The van der Waals surface area contributed by atoms with Crippen molar-refractivity contribution in [2.75, 3.05) is 6.61 Å². The normalized spacial score (nSPS) is 12.6. The minimum absolute atomic E-state index is 0.0455. The number of sulfonamides is 1. The lowest BCUT2D eigenvalue weighted by Crippen LogP contribution is -2.41. The van der Waals surface area contributed by atoms with Gasteiger partial charge in [0, 0.05) is 12.8 Å². The number of nitrogens with zero attached hydrogens (tertiary/aromatic N) is 2. The molecule has 8 nitrogen and oxygen atoms in total. The number of nitrogens with one attached hydrogen (secondary N) is 1. The number of pyridine rings is 1. The summed E-state index contributed by atoms with van der Waals surface area (Å²) in [4.78, 5) is 14.1. The molecule has 19 heavy (non-hydrogen) atoms. The van der Waals surface area contributed by atoms with Crippen LogP contribution in [0.15, 0.2) is 23.2 Å². The van der Waals surface area contributed by atoms with Gasteiger partial charge in [-0.1, -0.05) is 0 Å². The molecular weight excluding hydrogens is 274 g/mol. The molecule has 1 heterocycles. The standard InChI is InChI=1S/C10H11N3O5S/c11-5-7-1-2-8(6-12-7)19(17,18)13-9(3-4-14)10(15)16/h1-2,6,9,13-14H,3-4H2,(H,15,16)/t9-/m0/s1. The van der Waals surface area contributed by atoms with Crippen LogP contribution in [0.1, 0.15) is 12.1 Å². The first-order valence-electron chi connectivity index (χ1n) is 5.13. The summed E-state index contributed by atoms with van der Waals surface area (Å²) in [7, 11) is -4.07. The van der Waals surface area contributed by atoms with Gasteiger partial charge in [-0.05, 0) is 18.6 Å². The molecule has 0 aromatic carbocycles. The van der Waals surface area contributed by atoms with Crippen molar-refractivity contribution in [2.24, 2.45) is 0 Å². The zero-order chi connectivity index (χ0) is 14.5. The molecule has 0 aliphatic rings. The summed E-state index contributed by atoms with van der Waals surface area (Å²) in [6, 6.07) is 2.66. The fourth-order valence-electron chi connectivity index (χ4n) is 1.22. The van der Waals surface area contributed by atoms with Gasteiger partial charge in [0.1, 0.15) is 22.7 Å². The van der Waals surface area contributed by atoms with E-state index in [4.69, 9.17) is 15.5 Å². The Morgan fingerprint density at radius 1 is 1.53 bits per heavy atom. The third-order valence-electron chi connectivity index (χ3n) is 2.17. The average Bonchev–Trinajstić information content (AvgIpc) is 2.38. The molecule has 0 fully saturated rings. The van der Waals surface area contributed by atoms with E-state index in [0.29, 0.717) is 0 Å². The van der Waals surface area contributed by atoms with Crippen LogP contribution in [0.4, 0.5) is 0 Å². The number of aliphatic hydroxyl groups excluding tert-OH is 1. The van der Waals surface area contributed by atoms with Crippen molar-refractivity contribution in [1.29, 1.82) is 5.26 Å². The number of hydrogen-bond donors (Lipinski definition) is 3. The van der Waals surface area contributed by atoms with Crippen molar-refractivity contribution in [3.05, 3.63) is 24.0 Å². The van der Waals surface area contributed by atoms with Gasteiger partial charge >= 0.3 is 5.97 Å². The number of aromatic nitrogens is 1. The van der Waals surface area contributed by atoms with Crippen LogP contribution in [0.5, 0.6) is 0 Å². The van der Waals surface area contributed by atoms with Crippen LogP contribution < -0.4 is 4.72 Å². The summed E-state index contributed by atoms with van der Waals surface area (Å²) < 4.78 is 25.6. The Labute approximate surface area is 109 Å². The topological polar surface area (TPSA) is 140 Å². The highest BCUT2D eigenvalue weighted by molar-refractivity contribution is 7.89. The lowest BCUT2D eigenvalue weighted by molar-refractivity contribution is -0.139. The second kappa shape index (κ2) is 6.24. The molecule has 0 amide bonds. The second-order valence-electron chi connectivity index (χ2n) is 3.52. The summed E-state index contributed by atoms with van der Waals surface area (Å²) in [6.45, 7) is -0.467. The number of hydrogen-bond acceptors (Lipinski definition) is 6. The van der Waals surface area contributed by atoms with Gasteiger partial charge in [0.15, 0.2) is 0 Å². The van der Waals surface area contributed by atoms with E-state index in [1.165, 1.54) is 6.07 Å². The fourth-order valence-corrected chi connectivity index (χ4v) is 2.39. The largest absolute Gasteiger partial charge is 0.480 e. The highest BCUT2D eigenvalue weighted by atomic mass is 32.2. The third kappa shape index (κ3) is 3.99. The average molecular weight is 285 g/mol. The number of carboxylic acid groups (broad SMARTS) is 1. The molecule has 0 saturated heterocycles. The molecule has 3 N–H and O–H groups in total. The van der Waals surface area contributed by atoms with Gasteiger partial charge in [0.05, 0.1) is 0 Å². The lowest BCUT2D eigenvalue weighted by atomic mass is 10.2. The van der Waals surface area contributed by atoms with Crippen molar-refractivity contribution in [2.45, 2.75) is 17.4 Å². The molecule has 1 aromatic rings. The van der Waals surface area contributed by atoms with E-state index in [2.05, 4.69) is 4.98 Å². The van der Waals surface area contributed by atoms with Crippen LogP contribution in [0.25, 0.3) is 0 Å². The Hall–Kier alpha value is -2.02. The van der Waals surface area contributed by atoms with E-state index >= 15 is 0 Å². The van der Waals surface area contributed by atoms with Gasteiger partial charge < -0.3 is 10.2 Å². The van der Waals surface area contributed by atoms with Crippen LogP contribution in [0.2, 0.25) is 0 Å². The van der Waals surface area contributed by atoms with Crippen molar-refractivity contribution in [1.82, 2.24) is 9.71 Å². The van der Waals surface area contributed by atoms with Gasteiger partial charge in [-0.25, -0.2) is 13.4 Å². The maximum Gasteiger partial charge on any atom is 0.321 e. The van der Waals surface area contributed by atoms with E-state index in [1.54, 1.807) is 6.07 Å². The minimum atomic E-state index is -4.07. The molecule has 0 spiro atoms. The number of carbonyl (C=O) groups is 1. The maximum absolute atomic E-state index is 11.8. The zero-order valence-corrected chi connectivity index (χ0v) is 10.5. The van der Waals surface area contributed by atoms with Crippen molar-refractivity contribution in [3.63, 3.8) is 0 Å². The smallest absolute Gasteiger partial charge is 0.321 e. The van der Waals surface area contributed by atoms with Crippen molar-refractivity contribution < 1.29 is 23.4 Å². The molecular formula is C10H11N3O5S. The number of rotatable bonds is 6. The first kappa shape index (κ1) is 15.0. The Kier molecular flexibility index (Phi) is 4.94. The molecule has 0 unspecified atom stereocenters. The molecule has 1 aromatic heterocycles. The monoisotopic (exact) mass is 285 g/mol. The molecule has 0 bridgehead atoms. The highest BCUT2D eigenvalue weighted by Crippen LogP contribution is 2.09. The second-order valence-corrected chi connectivity index (χ2v) is 5.23. The Bertz CT molecular complexity index is 591. The number of nitriles is 1. The number of aliphatic hydroxyl groups is 1. The van der Waals surface area contributed by atoms with Crippen molar-refractivity contribution >= 4 is 16.0 Å². The van der Waals surface area contributed by atoms with E-state index in [9.17, 15) is 13.2 Å². The van der Waals surface area contributed by atoms with E-state index in [1.807, 2.05) is 4.72 Å². The van der Waals surface area contributed by atoms with Crippen LogP contribution in [0.3, 0.4) is 0 Å². The van der Waals surface area contributed by atoms with Crippen LogP contribution in [-0.4, -0.2) is 42.2 Å². The molecule has 1 atom stereocenters. The molecule has 9 heteroatoms. The summed E-state index contributed by atoms with van der Waals surface area (Å²) in [5, 5.41) is 26.0. The van der Waals surface area contributed by atoms with E-state index in [0.717, 1.165) is 12.3 Å². The van der Waals surface area contributed by atoms with Crippen LogP contribution >= 0.6 is 0 Å². The van der Waals surface area contributed by atoms with Gasteiger partial charge in [0.25, 0.3) is 0 Å². The SMILES string of the molecule is N#Cc1ccc(S(=O)(=O)N[C@@H](CCO)C(=O)O)cn1. The Balaban J connectivity index is 2.96. The van der Waals surface area contributed by atoms with Gasteiger partial charge in [-0.2, -0.15) is 9.98 Å². The molecule has 1 rings (SSSR count). The fraction of sp³-hybridized carbons (Fsp3) is 0.300. The zero-order valence-electron chi connectivity index (χ0n) is 9.65. The predicted octanol–water partition coefficient (Wildman–Crippen LogP) is -0.933. The highest BCUT2D eigenvalue weighted by Gasteiger charge is 2.25. The Morgan fingerprint density at radius 3 is 2.63 bits per heavy atom. The lowest BCUT2D eigenvalue weighted by Gasteiger charge is -2.13. The number of aliphatic carboxylic acids is 1. The van der Waals surface area contributed by atoms with E-state index in [-0.39, 0.29) is 17.0 Å². The maximum atomic E-state index is 11.8. The molecule has 0 radical (unpaired) electrons. The molecule has 0 aliphatic heterocycles. The quantitative estimate of drug-likeness (QED) is 0.613. The van der Waals surface area contributed by atoms with Crippen LogP contribution in [-0.2, 0) is 14.8 Å². The summed E-state index contributed by atoms with van der Waals surface area (Å²) >= 11 is 0. The van der Waals surface area contributed by atoms with Crippen LogP contribution in [0, 0.1) is 11.3 Å². The molecule has 0 aliphatic carbocycles. The Morgan fingerprint density at radius 2 is 2.21 bits per heavy atom. The number of carboxylic acids is 1. The molecule has 0 saturated carbocycles. The summed E-state index contributed by atoms with van der Waals surface area (Å²) in [6.07, 6.45) is 0.705. The van der Waals surface area contributed by atoms with Gasteiger partial charge in [-0.15, -0.1) is 0 Å². The first-order valence-corrected chi connectivity index (χ1v) is 6.61. The molecule has 102 valence electrons. The first-order chi connectivity index (χ1) is 8.90. The predicted molar refractivity (Wildman–Crippen MR) is 62.4 cm³/mol. The van der Waals surface area contributed by atoms with Gasteiger partial charge in [0.2, 0.25) is 10.0 Å². The summed E-state index contributed by atoms with van der Waals surface area (Å²) in [5.41, 5.74) is 0.0455. The van der Waals surface area contributed by atoms with E-state index < -0.39 is 28.6 Å². The summed E-state index contributed by atoms with van der Waals surface area (Å²) in [5.74, 6) is -1.39.